The Morgan fingerprint density at radius 2 is 2.02 bits per heavy atom. The number of nitrogens with one attached hydrogen (secondary N) is 1. The zero-order chi connectivity index (χ0) is 29.0. The Labute approximate surface area is 239 Å². The first-order valence-corrected chi connectivity index (χ1v) is 14.2. The fraction of sp³-hybridized carbons (Fsp3) is 0.452. The molecule has 1 fully saturated rings. The molecule has 1 saturated carbocycles. The molecule has 1 aliphatic carbocycles. The van der Waals surface area contributed by atoms with Gasteiger partial charge in [-0.15, -0.1) is 0 Å². The maximum atomic E-state index is 12.1. The van der Waals surface area contributed by atoms with E-state index in [1.165, 1.54) is 0 Å². The van der Waals surface area contributed by atoms with E-state index in [-0.39, 0.29) is 6.04 Å². The Bertz CT molecular complexity index is 1510. The highest BCUT2D eigenvalue weighted by molar-refractivity contribution is 5.88. The van der Waals surface area contributed by atoms with E-state index in [9.17, 15) is 15.0 Å². The van der Waals surface area contributed by atoms with Crippen molar-refractivity contribution < 1.29 is 24.5 Å². The number of benzene rings is 1. The number of carbonyl (C=O) groups is 1. The molecule has 5 N–H and O–H groups in total. The lowest BCUT2D eigenvalue weighted by Crippen LogP contribution is -2.40. The van der Waals surface area contributed by atoms with Gasteiger partial charge in [-0.3, -0.25) is 5.32 Å². The summed E-state index contributed by atoms with van der Waals surface area (Å²) in [6.45, 7) is 2.78. The number of unbranched alkanes of at least 4 members (excludes halogenated alkanes) is 2. The number of nitrogens with zero attached hydrogens (tertiary/aromatic N) is 3. The number of aromatic nitrogens is 3. The van der Waals surface area contributed by atoms with Crippen molar-refractivity contribution in [3.05, 3.63) is 60.4 Å². The number of ether oxygens (including phenoxy) is 2. The highest BCUT2D eigenvalue weighted by Gasteiger charge is 2.53. The van der Waals surface area contributed by atoms with Gasteiger partial charge >= 0.3 is 6.09 Å². The number of fused-ring (bicyclic) bond motifs is 2. The minimum absolute atomic E-state index is 0.302. The van der Waals surface area contributed by atoms with Gasteiger partial charge in [0, 0.05) is 41.4 Å². The number of amides is 1. The first-order valence-electron chi connectivity index (χ1n) is 14.2. The second-order valence-corrected chi connectivity index (χ2v) is 11.1. The maximum absolute atomic E-state index is 12.1. The van der Waals surface area contributed by atoms with Gasteiger partial charge in [-0.05, 0) is 61.6 Å². The molecule has 0 spiro atoms. The molecule has 1 amide bonds. The number of aliphatic hydroxyl groups excluding tert-OH is 2. The number of anilines is 2. The molecule has 10 nitrogen and oxygen atoms in total. The zero-order valence-corrected chi connectivity index (χ0v) is 23.6. The number of hydrogen-bond donors (Lipinski definition) is 4. The van der Waals surface area contributed by atoms with Crippen molar-refractivity contribution >= 4 is 39.5 Å². The molecule has 1 aromatic carbocycles. The molecule has 0 bridgehead atoms. The smallest absolute Gasteiger partial charge is 0.412 e. The summed E-state index contributed by atoms with van der Waals surface area (Å²) in [5.74, 6) is 0.427. The Hall–Kier alpha value is -3.73. The van der Waals surface area contributed by atoms with Gasteiger partial charge < -0.3 is 30.0 Å². The SMILES string of the molecule is CCCCCOC(=O)Nc1ccc2ccc(CC[C@@]3(COC)C[C@@H](n4ccc5c(N)ccnc54)[C@H](O)[C@@H]3O)cc2n1. The molecule has 0 saturated heterocycles. The van der Waals surface area contributed by atoms with Crippen LogP contribution in [0.15, 0.2) is 54.9 Å². The van der Waals surface area contributed by atoms with E-state index in [0.717, 1.165) is 41.1 Å². The molecule has 4 aromatic rings. The topological polar surface area (TPSA) is 145 Å². The van der Waals surface area contributed by atoms with Gasteiger partial charge in [0.05, 0.1) is 30.9 Å². The third-order valence-electron chi connectivity index (χ3n) is 8.28. The van der Waals surface area contributed by atoms with Crippen LogP contribution in [0.1, 0.15) is 50.6 Å². The summed E-state index contributed by atoms with van der Waals surface area (Å²) in [7, 11) is 1.62. The predicted molar refractivity (Wildman–Crippen MR) is 159 cm³/mol. The molecular weight excluding hydrogens is 522 g/mol. The molecule has 0 aliphatic heterocycles. The van der Waals surface area contributed by atoms with E-state index in [1.54, 1.807) is 25.4 Å². The molecule has 3 heterocycles. The maximum Gasteiger partial charge on any atom is 0.412 e. The van der Waals surface area contributed by atoms with E-state index in [2.05, 4.69) is 22.2 Å². The lowest BCUT2D eigenvalue weighted by atomic mass is 9.79. The predicted octanol–water partition coefficient (Wildman–Crippen LogP) is 4.84. The van der Waals surface area contributed by atoms with Crippen molar-refractivity contribution in [3.8, 4) is 0 Å². The first kappa shape index (κ1) is 28.8. The molecule has 4 atom stereocenters. The zero-order valence-electron chi connectivity index (χ0n) is 23.6. The van der Waals surface area contributed by atoms with Crippen LogP contribution >= 0.6 is 0 Å². The summed E-state index contributed by atoms with van der Waals surface area (Å²) in [5, 5.41) is 27.0. The average Bonchev–Trinajstić information content (AvgIpc) is 3.50. The molecule has 1 aliphatic rings. The average molecular weight is 562 g/mol. The lowest BCUT2D eigenvalue weighted by Gasteiger charge is -2.32. The fourth-order valence-corrected chi connectivity index (χ4v) is 6.03. The van der Waals surface area contributed by atoms with Crippen molar-refractivity contribution in [3.63, 3.8) is 0 Å². The van der Waals surface area contributed by atoms with Gasteiger partial charge in [0.1, 0.15) is 17.6 Å². The molecule has 0 unspecified atom stereocenters. The summed E-state index contributed by atoms with van der Waals surface area (Å²) in [6.07, 6.45) is 5.71. The van der Waals surface area contributed by atoms with Crippen LogP contribution in [-0.2, 0) is 15.9 Å². The van der Waals surface area contributed by atoms with Crippen molar-refractivity contribution in [1.82, 2.24) is 14.5 Å². The van der Waals surface area contributed by atoms with Gasteiger partial charge in [-0.25, -0.2) is 14.8 Å². The highest BCUT2D eigenvalue weighted by atomic mass is 16.5. The fourth-order valence-electron chi connectivity index (χ4n) is 6.03. The van der Waals surface area contributed by atoms with E-state index >= 15 is 0 Å². The largest absolute Gasteiger partial charge is 0.449 e. The summed E-state index contributed by atoms with van der Waals surface area (Å²) < 4.78 is 12.7. The van der Waals surface area contributed by atoms with Gasteiger partial charge in [-0.1, -0.05) is 31.9 Å². The van der Waals surface area contributed by atoms with Gasteiger partial charge in [0.2, 0.25) is 0 Å². The Balaban J connectivity index is 1.31. The highest BCUT2D eigenvalue weighted by Crippen LogP contribution is 2.48. The summed E-state index contributed by atoms with van der Waals surface area (Å²) in [4.78, 5) is 21.2. The van der Waals surface area contributed by atoms with Crippen LogP contribution in [0, 0.1) is 5.41 Å². The number of hydrogen-bond acceptors (Lipinski definition) is 8. The van der Waals surface area contributed by atoms with Crippen LogP contribution in [0.25, 0.3) is 21.9 Å². The van der Waals surface area contributed by atoms with Crippen molar-refractivity contribution in [1.29, 1.82) is 0 Å². The van der Waals surface area contributed by atoms with Crippen LogP contribution in [0.5, 0.6) is 0 Å². The van der Waals surface area contributed by atoms with Crippen LogP contribution in [-0.4, -0.2) is 63.4 Å². The molecule has 10 heteroatoms. The van der Waals surface area contributed by atoms with Crippen molar-refractivity contribution in [2.45, 2.75) is 63.7 Å². The quantitative estimate of drug-likeness (QED) is 0.190. The van der Waals surface area contributed by atoms with Crippen LogP contribution in [0.3, 0.4) is 0 Å². The number of rotatable bonds is 11. The second kappa shape index (κ2) is 12.4. The normalized spacial score (nSPS) is 22.4. The molecule has 5 rings (SSSR count). The Morgan fingerprint density at radius 3 is 2.83 bits per heavy atom. The van der Waals surface area contributed by atoms with Crippen molar-refractivity contribution in [2.75, 3.05) is 31.4 Å². The van der Waals surface area contributed by atoms with Crippen molar-refractivity contribution in [2.24, 2.45) is 5.41 Å². The van der Waals surface area contributed by atoms with Gasteiger partial charge in [0.25, 0.3) is 0 Å². The number of carbonyl (C=O) groups excluding carboxylic acids is 1. The molecule has 218 valence electrons. The number of aliphatic hydroxyl groups is 2. The van der Waals surface area contributed by atoms with Gasteiger partial charge in [-0.2, -0.15) is 0 Å². The molecule has 3 aromatic heterocycles. The Kier molecular flexibility index (Phi) is 8.72. The third-order valence-corrected chi connectivity index (χ3v) is 8.28. The number of aryl methyl sites for hydroxylation is 1. The van der Waals surface area contributed by atoms with E-state index in [1.807, 2.05) is 41.1 Å². The summed E-state index contributed by atoms with van der Waals surface area (Å²) in [5.41, 5.74) is 8.55. The third kappa shape index (κ3) is 6.00. The first-order chi connectivity index (χ1) is 19.8. The summed E-state index contributed by atoms with van der Waals surface area (Å²) in [6, 6.07) is 13.0. The molecule has 41 heavy (non-hydrogen) atoms. The van der Waals surface area contributed by atoms with Crippen LogP contribution in [0.2, 0.25) is 0 Å². The number of methoxy groups -OCH3 is 1. The van der Waals surface area contributed by atoms with Crippen LogP contribution < -0.4 is 11.1 Å². The minimum Gasteiger partial charge on any atom is -0.449 e. The van der Waals surface area contributed by atoms with E-state index < -0.39 is 23.7 Å². The number of pyridine rings is 2. The standard InChI is InChI=1S/C31H39N5O5/c1-3-4-5-16-41-30(39)35-26-9-8-21-7-6-20(17-24(21)34-26)10-13-31(19-40-2)18-25(27(37)28(31)38)36-15-12-22-23(32)11-14-33-29(22)36/h6-9,11-12,14-15,17,25,27-28,37-38H,3-5,10,13,16,18-19H2,1-2H3,(H2,32,33)(H,34,35,39)/t25-,27+,28+,31+/m1/s1. The van der Waals surface area contributed by atoms with E-state index in [4.69, 9.17) is 15.2 Å². The summed E-state index contributed by atoms with van der Waals surface area (Å²) >= 11 is 0. The van der Waals surface area contributed by atoms with Gasteiger partial charge in [0.15, 0.2) is 0 Å². The number of nitrogens with two attached hydrogens (primary N) is 1. The second-order valence-electron chi connectivity index (χ2n) is 11.1. The van der Waals surface area contributed by atoms with Crippen LogP contribution in [0.4, 0.5) is 16.3 Å². The number of nitrogen functional groups attached to an aromatic ring is 1. The molecular formula is C31H39N5O5. The van der Waals surface area contributed by atoms with E-state index in [0.29, 0.717) is 49.6 Å². The molecule has 0 radical (unpaired) electrons. The monoisotopic (exact) mass is 561 g/mol. The minimum atomic E-state index is -0.988. The lowest BCUT2D eigenvalue weighted by molar-refractivity contribution is -0.0598. The Morgan fingerprint density at radius 1 is 1.20 bits per heavy atom.